The molecule has 3 saturated heterocycles. The van der Waals surface area contributed by atoms with Crippen molar-refractivity contribution in [3.05, 3.63) is 5.21 Å². The van der Waals surface area contributed by atoms with Gasteiger partial charge in [-0.05, 0) is 59.4 Å². The zero-order chi connectivity index (χ0) is 15.6. The Morgan fingerprint density at radius 1 is 1.00 bits per heavy atom. The summed E-state index contributed by atoms with van der Waals surface area (Å²) in [6.07, 6.45) is 1.80. The van der Waals surface area contributed by atoms with Crippen LogP contribution in [-0.4, -0.2) is 69.4 Å². The summed E-state index contributed by atoms with van der Waals surface area (Å²) in [4.78, 5) is 0. The molecule has 0 aromatic carbocycles. The third-order valence-corrected chi connectivity index (χ3v) is 10.7. The first-order chi connectivity index (χ1) is 9.59. The molecule has 3 aliphatic heterocycles. The first kappa shape index (κ1) is 16.3. The van der Waals surface area contributed by atoms with Gasteiger partial charge in [-0.15, -0.1) is 0 Å². The summed E-state index contributed by atoms with van der Waals surface area (Å²) in [5.74, 6) is 0. The second kappa shape index (κ2) is 4.97. The van der Waals surface area contributed by atoms with Crippen LogP contribution in [0.3, 0.4) is 0 Å². The molecule has 0 N–H and O–H groups in total. The Kier molecular flexibility index (Phi) is 3.86. The van der Waals surface area contributed by atoms with E-state index in [0.29, 0.717) is 6.04 Å². The fourth-order valence-corrected chi connectivity index (χ4v) is 8.22. The lowest BCUT2D eigenvalue weighted by molar-refractivity contribution is -0.0115. The maximum Gasteiger partial charge on any atom is 0.145 e. The van der Waals surface area contributed by atoms with Crippen molar-refractivity contribution in [1.82, 2.24) is 19.1 Å². The molecule has 0 aromatic rings. The molecule has 3 fully saturated rings. The van der Waals surface area contributed by atoms with Crippen molar-refractivity contribution in [2.24, 2.45) is 0 Å². The standard InChI is InChI=1S/C14H28N4OPS/c1-13(2)10-12(11-14(3,4)18(13)19)15(5)20(21,16-6-7-16)17-8-9-17/h12H,6-11H2,1-5H3/q-1. The summed E-state index contributed by atoms with van der Waals surface area (Å²) < 4.78 is 7.41. The summed E-state index contributed by atoms with van der Waals surface area (Å²) in [6, 6.07) is 0.396. The van der Waals surface area contributed by atoms with Crippen LogP contribution in [0.4, 0.5) is 0 Å². The van der Waals surface area contributed by atoms with Crippen LogP contribution in [-0.2, 0) is 11.8 Å². The van der Waals surface area contributed by atoms with E-state index < -0.39 is 6.49 Å². The largest absolute Gasteiger partial charge is 0.784 e. The van der Waals surface area contributed by atoms with E-state index in [4.69, 9.17) is 11.8 Å². The van der Waals surface area contributed by atoms with Crippen molar-refractivity contribution >= 4 is 18.3 Å². The van der Waals surface area contributed by atoms with Crippen molar-refractivity contribution in [2.75, 3.05) is 33.2 Å². The molecule has 122 valence electrons. The number of nitrogens with zero attached hydrogens (tertiary/aromatic N) is 4. The minimum atomic E-state index is -1.72. The van der Waals surface area contributed by atoms with Gasteiger partial charge in [-0.2, -0.15) is 0 Å². The van der Waals surface area contributed by atoms with Gasteiger partial charge in [-0.1, -0.05) is 0 Å². The molecule has 3 rings (SSSR count). The zero-order valence-corrected chi connectivity index (χ0v) is 15.6. The Hall–Kier alpha value is 0.450. The predicted molar refractivity (Wildman–Crippen MR) is 91.6 cm³/mol. The third-order valence-electron chi connectivity index (χ3n) is 5.09. The summed E-state index contributed by atoms with van der Waals surface area (Å²) >= 11 is 6.15. The highest BCUT2D eigenvalue weighted by Crippen LogP contribution is 2.64. The molecule has 21 heavy (non-hydrogen) atoms. The summed E-state index contributed by atoms with van der Waals surface area (Å²) in [5.41, 5.74) is -0.642. The SMILES string of the molecule is CN(C1CC(C)(C)N([O-])C(C)(C)C1)P(=S)(N1CC1)N1CC1. The number of hydrogen-bond donors (Lipinski definition) is 0. The Morgan fingerprint density at radius 3 is 1.71 bits per heavy atom. The van der Waals surface area contributed by atoms with Gasteiger partial charge in [0.05, 0.1) is 0 Å². The van der Waals surface area contributed by atoms with Gasteiger partial charge in [0.15, 0.2) is 0 Å². The first-order valence-corrected chi connectivity index (χ1v) is 10.6. The summed E-state index contributed by atoms with van der Waals surface area (Å²) in [5, 5.41) is 13.8. The van der Waals surface area contributed by atoms with Crippen LogP contribution >= 0.6 is 6.49 Å². The van der Waals surface area contributed by atoms with Gasteiger partial charge in [0, 0.05) is 43.3 Å². The lowest BCUT2D eigenvalue weighted by atomic mass is 9.79. The molecule has 0 bridgehead atoms. The minimum absolute atomic E-state index is 0.321. The van der Waals surface area contributed by atoms with E-state index >= 15 is 0 Å². The molecule has 0 radical (unpaired) electrons. The lowest BCUT2D eigenvalue weighted by Crippen LogP contribution is -2.61. The smallest absolute Gasteiger partial charge is 0.145 e. The van der Waals surface area contributed by atoms with Crippen LogP contribution in [0.15, 0.2) is 0 Å². The Balaban J connectivity index is 1.84. The second-order valence-corrected chi connectivity index (χ2v) is 12.2. The highest BCUT2D eigenvalue weighted by Gasteiger charge is 2.51. The van der Waals surface area contributed by atoms with Gasteiger partial charge in [0.1, 0.15) is 6.49 Å². The Morgan fingerprint density at radius 2 is 1.38 bits per heavy atom. The van der Waals surface area contributed by atoms with Gasteiger partial charge in [0.25, 0.3) is 0 Å². The topological polar surface area (TPSA) is 35.6 Å². The molecule has 5 nitrogen and oxygen atoms in total. The fraction of sp³-hybridized carbons (Fsp3) is 1.00. The van der Waals surface area contributed by atoms with Crippen molar-refractivity contribution in [1.29, 1.82) is 0 Å². The average molecular weight is 331 g/mol. The molecule has 3 aliphatic rings. The Bertz CT molecular complexity index is 442. The molecule has 0 spiro atoms. The molecule has 3 heterocycles. The monoisotopic (exact) mass is 331 g/mol. The van der Waals surface area contributed by atoms with Crippen LogP contribution < -0.4 is 0 Å². The molecule has 0 unspecified atom stereocenters. The third kappa shape index (κ3) is 2.74. The van der Waals surface area contributed by atoms with E-state index in [1.165, 1.54) is 5.06 Å². The van der Waals surface area contributed by atoms with E-state index in [0.717, 1.165) is 39.0 Å². The van der Waals surface area contributed by atoms with Gasteiger partial charge < -0.3 is 10.3 Å². The molecular weight excluding hydrogens is 303 g/mol. The number of hydroxylamine groups is 2. The van der Waals surface area contributed by atoms with Crippen molar-refractivity contribution in [2.45, 2.75) is 57.7 Å². The van der Waals surface area contributed by atoms with Crippen LogP contribution in [0.5, 0.6) is 0 Å². The first-order valence-electron chi connectivity index (χ1n) is 7.91. The van der Waals surface area contributed by atoms with E-state index in [1.807, 2.05) is 0 Å². The number of hydrogen-bond acceptors (Lipinski definition) is 3. The van der Waals surface area contributed by atoms with E-state index in [1.54, 1.807) is 0 Å². The highest BCUT2D eigenvalue weighted by molar-refractivity contribution is 8.11. The average Bonchev–Trinajstić information content (AvgIpc) is 3.25. The molecule has 0 aliphatic carbocycles. The fourth-order valence-electron chi connectivity index (χ4n) is 3.88. The normalized spacial score (nSPS) is 30.8. The molecule has 0 amide bonds. The highest BCUT2D eigenvalue weighted by atomic mass is 32.4. The van der Waals surface area contributed by atoms with Crippen LogP contribution in [0.1, 0.15) is 40.5 Å². The van der Waals surface area contributed by atoms with Gasteiger partial charge in [-0.3, -0.25) is 4.67 Å². The van der Waals surface area contributed by atoms with Gasteiger partial charge in [0.2, 0.25) is 0 Å². The molecule has 0 atom stereocenters. The molecule has 0 saturated carbocycles. The Labute approximate surface area is 134 Å². The molecule has 0 aromatic heterocycles. The maximum absolute atomic E-state index is 12.5. The number of piperidine rings is 1. The van der Waals surface area contributed by atoms with Crippen molar-refractivity contribution in [3.63, 3.8) is 0 Å². The van der Waals surface area contributed by atoms with Gasteiger partial charge in [-0.25, -0.2) is 9.34 Å². The predicted octanol–water partition coefficient (Wildman–Crippen LogP) is 2.29. The van der Waals surface area contributed by atoms with E-state index in [-0.39, 0.29) is 11.1 Å². The lowest BCUT2D eigenvalue weighted by Gasteiger charge is -2.61. The van der Waals surface area contributed by atoms with Crippen molar-refractivity contribution < 1.29 is 0 Å². The minimum Gasteiger partial charge on any atom is -0.784 e. The number of rotatable bonds is 4. The van der Waals surface area contributed by atoms with Gasteiger partial charge >= 0.3 is 0 Å². The summed E-state index contributed by atoms with van der Waals surface area (Å²) in [6.45, 7) is 11.1. The van der Waals surface area contributed by atoms with Crippen LogP contribution in [0.2, 0.25) is 0 Å². The summed E-state index contributed by atoms with van der Waals surface area (Å²) in [7, 11) is 2.20. The molecular formula is C14H28N4OPS-. The van der Waals surface area contributed by atoms with Crippen LogP contribution in [0, 0.1) is 5.21 Å². The zero-order valence-electron chi connectivity index (χ0n) is 13.9. The van der Waals surface area contributed by atoms with E-state index in [2.05, 4.69) is 48.8 Å². The van der Waals surface area contributed by atoms with E-state index in [9.17, 15) is 5.21 Å². The quantitative estimate of drug-likeness (QED) is 0.581. The van der Waals surface area contributed by atoms with Crippen LogP contribution in [0.25, 0.3) is 0 Å². The second-order valence-electron chi connectivity index (χ2n) is 7.98. The maximum atomic E-state index is 12.5. The van der Waals surface area contributed by atoms with Crippen molar-refractivity contribution in [3.8, 4) is 0 Å². The molecule has 7 heteroatoms.